The number of hydrogen-bond acceptors (Lipinski definition) is 5. The number of nitro groups is 1. The predicted molar refractivity (Wildman–Crippen MR) is 126 cm³/mol. The summed E-state index contributed by atoms with van der Waals surface area (Å²) in [5, 5.41) is 15.4. The number of rotatable bonds is 2. The summed E-state index contributed by atoms with van der Waals surface area (Å²) in [6.45, 7) is 0.741. The number of carbonyl (C=O) groups excluding carboxylic acids is 1. The Hall–Kier alpha value is -3.45. The first-order valence-electron chi connectivity index (χ1n) is 10.9. The average Bonchev–Trinajstić information content (AvgIpc) is 3.20. The topological polar surface area (TPSA) is 75.5 Å². The summed E-state index contributed by atoms with van der Waals surface area (Å²) in [5.41, 5.74) is 6.38. The lowest BCUT2D eigenvalue weighted by atomic mass is 9.88. The Labute approximate surface area is 189 Å². The minimum atomic E-state index is -0.393. The molecular weight excluding hydrogens is 422 g/mol. The van der Waals surface area contributed by atoms with Crippen LogP contribution in [-0.2, 0) is 19.4 Å². The van der Waals surface area contributed by atoms with E-state index in [0.717, 1.165) is 53.1 Å². The van der Waals surface area contributed by atoms with Gasteiger partial charge in [-0.1, -0.05) is 24.3 Å². The van der Waals surface area contributed by atoms with E-state index in [4.69, 9.17) is 0 Å². The van der Waals surface area contributed by atoms with Crippen molar-refractivity contribution in [2.45, 2.75) is 38.4 Å². The van der Waals surface area contributed by atoms with Crippen molar-refractivity contribution in [2.24, 2.45) is 0 Å². The molecule has 3 aromatic rings. The molecule has 32 heavy (non-hydrogen) atoms. The van der Waals surface area contributed by atoms with Gasteiger partial charge in [-0.15, -0.1) is 11.3 Å². The molecule has 1 N–H and O–H groups in total. The molecule has 1 atom stereocenters. The fourth-order valence-electron chi connectivity index (χ4n) is 5.09. The van der Waals surface area contributed by atoms with Crippen molar-refractivity contribution in [1.29, 1.82) is 0 Å². The third-order valence-corrected chi connectivity index (χ3v) is 7.94. The number of carbonyl (C=O) groups is 1. The van der Waals surface area contributed by atoms with Crippen LogP contribution in [0.4, 0.5) is 10.7 Å². The highest BCUT2D eigenvalue weighted by atomic mass is 32.1. The van der Waals surface area contributed by atoms with Gasteiger partial charge in [-0.25, -0.2) is 0 Å². The van der Waals surface area contributed by atoms with Gasteiger partial charge in [0.15, 0.2) is 0 Å². The van der Waals surface area contributed by atoms with Crippen LogP contribution in [0.25, 0.3) is 11.6 Å². The van der Waals surface area contributed by atoms with Crippen LogP contribution in [-0.4, -0.2) is 17.0 Å². The van der Waals surface area contributed by atoms with E-state index in [1.165, 1.54) is 34.6 Å². The summed E-state index contributed by atoms with van der Waals surface area (Å²) in [6, 6.07) is 14.8. The normalized spacial score (nSPS) is 20.1. The molecule has 3 heterocycles. The molecule has 0 saturated heterocycles. The maximum absolute atomic E-state index is 13.3. The van der Waals surface area contributed by atoms with E-state index in [1.807, 2.05) is 18.2 Å². The van der Waals surface area contributed by atoms with Crippen LogP contribution in [0, 0.1) is 10.1 Å². The van der Waals surface area contributed by atoms with Crippen LogP contribution >= 0.6 is 11.3 Å². The molecule has 1 unspecified atom stereocenters. The minimum absolute atomic E-state index is 0.00892. The van der Waals surface area contributed by atoms with Crippen molar-refractivity contribution in [3.8, 4) is 0 Å². The maximum Gasteiger partial charge on any atom is 0.269 e. The second-order valence-electron chi connectivity index (χ2n) is 8.50. The van der Waals surface area contributed by atoms with Gasteiger partial charge in [-0.3, -0.25) is 14.9 Å². The number of fused-ring (bicyclic) bond motifs is 6. The summed E-state index contributed by atoms with van der Waals surface area (Å²) < 4.78 is 0. The van der Waals surface area contributed by atoms with Gasteiger partial charge in [0.2, 0.25) is 0 Å². The summed E-state index contributed by atoms with van der Waals surface area (Å²) >= 11 is 1.78. The first-order chi connectivity index (χ1) is 15.6. The Morgan fingerprint density at radius 2 is 1.88 bits per heavy atom. The number of amides is 1. The van der Waals surface area contributed by atoms with Gasteiger partial charge in [-0.05, 0) is 66.1 Å². The molecule has 0 saturated carbocycles. The summed E-state index contributed by atoms with van der Waals surface area (Å²) in [7, 11) is 0. The third kappa shape index (κ3) is 2.96. The van der Waals surface area contributed by atoms with Gasteiger partial charge in [0.25, 0.3) is 11.6 Å². The minimum Gasteiger partial charge on any atom is -0.334 e. The zero-order valence-corrected chi connectivity index (χ0v) is 18.2. The molecule has 1 aromatic heterocycles. The Morgan fingerprint density at radius 3 is 2.69 bits per heavy atom. The second-order valence-corrected chi connectivity index (χ2v) is 9.58. The number of thiophene rings is 1. The van der Waals surface area contributed by atoms with Gasteiger partial charge in [0.1, 0.15) is 11.2 Å². The fraction of sp³-hybridized carbons (Fsp3) is 0.240. The van der Waals surface area contributed by atoms with Crippen LogP contribution in [0.15, 0.2) is 48.5 Å². The van der Waals surface area contributed by atoms with Crippen LogP contribution in [0.2, 0.25) is 0 Å². The SMILES string of the molecule is O=C1NC2C(=Cc3ccc([N+](=O)[O-])cc3)c3ccccc3CN2c2sc3c(c21)CCCC3. The highest BCUT2D eigenvalue weighted by molar-refractivity contribution is 7.16. The summed E-state index contributed by atoms with van der Waals surface area (Å²) in [5.74, 6) is 0.00892. The molecule has 3 aliphatic rings. The van der Waals surface area contributed by atoms with Crippen LogP contribution in [0.5, 0.6) is 0 Å². The largest absolute Gasteiger partial charge is 0.334 e. The number of nitro benzene ring substituents is 1. The Balaban J connectivity index is 1.49. The van der Waals surface area contributed by atoms with Crippen LogP contribution < -0.4 is 10.2 Å². The van der Waals surface area contributed by atoms with Gasteiger partial charge in [-0.2, -0.15) is 0 Å². The van der Waals surface area contributed by atoms with Crippen molar-refractivity contribution in [1.82, 2.24) is 5.32 Å². The molecule has 6 rings (SSSR count). The molecule has 2 aliphatic heterocycles. The van der Waals surface area contributed by atoms with Crippen LogP contribution in [0.1, 0.15) is 50.3 Å². The van der Waals surface area contributed by atoms with Crippen molar-refractivity contribution in [3.05, 3.63) is 91.3 Å². The molecular formula is C25H21N3O3S. The highest BCUT2D eigenvalue weighted by Crippen LogP contribution is 2.47. The smallest absolute Gasteiger partial charge is 0.269 e. The van der Waals surface area contributed by atoms with E-state index in [2.05, 4.69) is 22.3 Å². The van der Waals surface area contributed by atoms with Gasteiger partial charge in [0.05, 0.1) is 10.5 Å². The van der Waals surface area contributed by atoms with E-state index < -0.39 is 4.92 Å². The molecule has 0 bridgehead atoms. The van der Waals surface area contributed by atoms with E-state index in [0.29, 0.717) is 0 Å². The zero-order chi connectivity index (χ0) is 21.8. The Morgan fingerprint density at radius 1 is 1.09 bits per heavy atom. The molecule has 7 heteroatoms. The summed E-state index contributed by atoms with van der Waals surface area (Å²) in [6.07, 6.45) is 6.14. The predicted octanol–water partition coefficient (Wildman–Crippen LogP) is 5.17. The lowest BCUT2D eigenvalue weighted by Crippen LogP contribution is -2.54. The van der Waals surface area contributed by atoms with E-state index in [9.17, 15) is 14.9 Å². The number of non-ortho nitro benzene ring substituents is 1. The Kier molecular flexibility index (Phi) is 4.40. The maximum atomic E-state index is 13.3. The number of nitrogens with zero attached hydrogens (tertiary/aromatic N) is 2. The van der Waals surface area contributed by atoms with E-state index >= 15 is 0 Å². The number of aryl methyl sites for hydroxylation is 1. The molecule has 2 aromatic carbocycles. The van der Waals surface area contributed by atoms with Crippen molar-refractivity contribution in [2.75, 3.05) is 4.90 Å². The number of hydrogen-bond donors (Lipinski definition) is 1. The van der Waals surface area contributed by atoms with E-state index in [-0.39, 0.29) is 17.8 Å². The average molecular weight is 444 g/mol. The number of benzene rings is 2. The van der Waals surface area contributed by atoms with Gasteiger partial charge in [0, 0.05) is 29.1 Å². The molecule has 0 spiro atoms. The van der Waals surface area contributed by atoms with Crippen molar-refractivity contribution in [3.63, 3.8) is 0 Å². The van der Waals surface area contributed by atoms with Crippen molar-refractivity contribution < 1.29 is 9.72 Å². The first kappa shape index (κ1) is 19.3. The molecule has 6 nitrogen and oxygen atoms in total. The second kappa shape index (κ2) is 7.31. The molecule has 160 valence electrons. The molecule has 0 fully saturated rings. The third-order valence-electron chi connectivity index (χ3n) is 6.61. The fourth-order valence-corrected chi connectivity index (χ4v) is 6.50. The van der Waals surface area contributed by atoms with Crippen molar-refractivity contribution >= 4 is 39.6 Å². The van der Waals surface area contributed by atoms with Gasteiger partial charge < -0.3 is 10.2 Å². The standard InChI is InChI=1S/C25H21N3O3S/c29-24-22-19-7-3-4-8-21(19)32-25(22)27-14-16-5-1-2-6-18(16)20(23(27)26-24)13-15-9-11-17(12-10-15)28(30)31/h1-2,5-6,9-13,23H,3-4,7-8,14H2,(H,26,29). The van der Waals surface area contributed by atoms with Crippen LogP contribution in [0.3, 0.4) is 0 Å². The molecule has 1 aliphatic carbocycles. The Bertz CT molecular complexity index is 1290. The van der Waals surface area contributed by atoms with E-state index in [1.54, 1.807) is 23.5 Å². The van der Waals surface area contributed by atoms with Gasteiger partial charge >= 0.3 is 0 Å². The number of anilines is 1. The summed E-state index contributed by atoms with van der Waals surface area (Å²) in [4.78, 5) is 27.6. The lowest BCUT2D eigenvalue weighted by molar-refractivity contribution is -0.384. The molecule has 1 amide bonds. The number of nitrogens with one attached hydrogen (secondary N) is 1. The monoisotopic (exact) mass is 443 g/mol. The highest BCUT2D eigenvalue weighted by Gasteiger charge is 2.41. The zero-order valence-electron chi connectivity index (χ0n) is 17.3. The first-order valence-corrected chi connectivity index (χ1v) is 11.7. The quantitative estimate of drug-likeness (QED) is 0.438. The molecule has 0 radical (unpaired) electrons. The lowest BCUT2D eigenvalue weighted by Gasteiger charge is -2.43.